The molecule has 0 radical (unpaired) electrons. The van der Waals surface area contributed by atoms with Gasteiger partial charge in [0.2, 0.25) is 0 Å². The average molecular weight is 194 g/mol. The SMILES string of the molecule is CCOC(=O)C=C1C2CCCCCC12. The standard InChI is InChI=1S/C12H18O2/c1-2-14-12(13)8-11-9-6-4-3-5-7-10(9)11/h8-10H,2-7H2,1H3. The zero-order valence-corrected chi connectivity index (χ0v) is 8.79. The van der Waals surface area contributed by atoms with Crippen molar-refractivity contribution in [3.63, 3.8) is 0 Å². The number of carbonyl (C=O) groups excluding carboxylic acids is 1. The Labute approximate surface area is 85.3 Å². The van der Waals surface area contributed by atoms with Crippen LogP contribution in [0.2, 0.25) is 0 Å². The highest BCUT2D eigenvalue weighted by Gasteiger charge is 2.43. The lowest BCUT2D eigenvalue weighted by Crippen LogP contribution is -1.99. The van der Waals surface area contributed by atoms with E-state index in [1.165, 1.54) is 37.7 Å². The Morgan fingerprint density at radius 1 is 1.36 bits per heavy atom. The van der Waals surface area contributed by atoms with Gasteiger partial charge < -0.3 is 4.74 Å². The molecule has 0 bridgehead atoms. The van der Waals surface area contributed by atoms with Crippen LogP contribution in [0.5, 0.6) is 0 Å². The summed E-state index contributed by atoms with van der Waals surface area (Å²) in [5, 5.41) is 0. The van der Waals surface area contributed by atoms with Gasteiger partial charge in [-0.3, -0.25) is 0 Å². The van der Waals surface area contributed by atoms with Gasteiger partial charge in [0.15, 0.2) is 0 Å². The van der Waals surface area contributed by atoms with E-state index in [2.05, 4.69) is 0 Å². The van der Waals surface area contributed by atoms with Crippen molar-refractivity contribution in [2.24, 2.45) is 11.8 Å². The van der Waals surface area contributed by atoms with Crippen LogP contribution in [-0.4, -0.2) is 12.6 Å². The van der Waals surface area contributed by atoms with E-state index < -0.39 is 0 Å². The third-order valence-electron chi connectivity index (χ3n) is 3.33. The van der Waals surface area contributed by atoms with Crippen LogP contribution in [-0.2, 0) is 9.53 Å². The molecule has 2 unspecified atom stereocenters. The van der Waals surface area contributed by atoms with Crippen LogP contribution in [0.25, 0.3) is 0 Å². The van der Waals surface area contributed by atoms with Crippen LogP contribution in [0.3, 0.4) is 0 Å². The summed E-state index contributed by atoms with van der Waals surface area (Å²) in [7, 11) is 0. The minimum atomic E-state index is -0.143. The highest BCUT2D eigenvalue weighted by Crippen LogP contribution is 2.53. The van der Waals surface area contributed by atoms with Crippen molar-refractivity contribution in [3.05, 3.63) is 11.6 Å². The average Bonchev–Trinajstić information content (AvgIpc) is 2.83. The van der Waals surface area contributed by atoms with E-state index in [4.69, 9.17) is 4.74 Å². The molecular formula is C12H18O2. The van der Waals surface area contributed by atoms with Crippen molar-refractivity contribution in [1.29, 1.82) is 0 Å². The molecule has 2 heteroatoms. The van der Waals surface area contributed by atoms with Gasteiger partial charge in [0.1, 0.15) is 0 Å². The number of hydrogen-bond donors (Lipinski definition) is 0. The van der Waals surface area contributed by atoms with Gasteiger partial charge in [-0.05, 0) is 31.6 Å². The van der Waals surface area contributed by atoms with Crippen molar-refractivity contribution < 1.29 is 9.53 Å². The summed E-state index contributed by atoms with van der Waals surface area (Å²) in [6.45, 7) is 2.33. The summed E-state index contributed by atoms with van der Waals surface area (Å²) in [5.74, 6) is 1.30. The molecule has 0 N–H and O–H groups in total. The highest BCUT2D eigenvalue weighted by molar-refractivity contribution is 5.84. The fourth-order valence-electron chi connectivity index (χ4n) is 2.58. The Hall–Kier alpha value is -0.790. The van der Waals surface area contributed by atoms with E-state index in [-0.39, 0.29) is 5.97 Å². The van der Waals surface area contributed by atoms with E-state index in [1.807, 2.05) is 6.92 Å². The van der Waals surface area contributed by atoms with Gasteiger partial charge in [-0.25, -0.2) is 4.79 Å². The van der Waals surface area contributed by atoms with Crippen molar-refractivity contribution in [3.8, 4) is 0 Å². The summed E-state index contributed by atoms with van der Waals surface area (Å²) in [6, 6.07) is 0. The fourth-order valence-corrected chi connectivity index (χ4v) is 2.58. The molecular weight excluding hydrogens is 176 g/mol. The third kappa shape index (κ3) is 1.99. The van der Waals surface area contributed by atoms with Gasteiger partial charge in [0.25, 0.3) is 0 Å². The zero-order valence-electron chi connectivity index (χ0n) is 8.79. The lowest BCUT2D eigenvalue weighted by Gasteiger charge is -1.96. The third-order valence-corrected chi connectivity index (χ3v) is 3.33. The van der Waals surface area contributed by atoms with Crippen molar-refractivity contribution in [2.45, 2.75) is 39.0 Å². The fraction of sp³-hybridized carbons (Fsp3) is 0.750. The molecule has 2 aliphatic carbocycles. The molecule has 0 aromatic carbocycles. The first-order chi connectivity index (χ1) is 6.83. The van der Waals surface area contributed by atoms with E-state index in [0.29, 0.717) is 6.61 Å². The molecule has 2 aliphatic rings. The zero-order chi connectivity index (χ0) is 9.97. The Morgan fingerprint density at radius 2 is 2.00 bits per heavy atom. The van der Waals surface area contributed by atoms with Crippen LogP contribution in [0.1, 0.15) is 39.0 Å². The van der Waals surface area contributed by atoms with Crippen LogP contribution in [0.4, 0.5) is 0 Å². The topological polar surface area (TPSA) is 26.3 Å². The molecule has 2 rings (SSSR count). The first-order valence-electron chi connectivity index (χ1n) is 5.71. The van der Waals surface area contributed by atoms with E-state index in [1.54, 1.807) is 6.08 Å². The van der Waals surface area contributed by atoms with Crippen LogP contribution in [0, 0.1) is 11.8 Å². The minimum absolute atomic E-state index is 0.143. The number of allylic oxidation sites excluding steroid dienone is 1. The number of hydrogen-bond acceptors (Lipinski definition) is 2. The molecule has 0 amide bonds. The van der Waals surface area contributed by atoms with Crippen molar-refractivity contribution in [2.75, 3.05) is 6.61 Å². The number of ether oxygens (including phenoxy) is 1. The second kappa shape index (κ2) is 4.16. The Morgan fingerprint density at radius 3 is 2.57 bits per heavy atom. The van der Waals surface area contributed by atoms with Crippen LogP contribution in [0.15, 0.2) is 11.6 Å². The predicted molar refractivity (Wildman–Crippen MR) is 54.8 cm³/mol. The minimum Gasteiger partial charge on any atom is -0.463 e. The summed E-state index contributed by atoms with van der Waals surface area (Å²) in [4.78, 5) is 11.2. The van der Waals surface area contributed by atoms with Gasteiger partial charge in [-0.1, -0.05) is 24.8 Å². The number of rotatable bonds is 2. The van der Waals surface area contributed by atoms with E-state index in [0.717, 1.165) is 11.8 Å². The van der Waals surface area contributed by atoms with Gasteiger partial charge in [0, 0.05) is 6.08 Å². The van der Waals surface area contributed by atoms with Crippen molar-refractivity contribution >= 4 is 5.97 Å². The Balaban J connectivity index is 1.91. The molecule has 0 saturated heterocycles. The molecule has 2 fully saturated rings. The quantitative estimate of drug-likeness (QED) is 0.499. The molecule has 0 aliphatic heterocycles. The normalized spacial score (nSPS) is 30.2. The van der Waals surface area contributed by atoms with Gasteiger partial charge in [0.05, 0.1) is 6.61 Å². The molecule has 2 nitrogen and oxygen atoms in total. The van der Waals surface area contributed by atoms with Crippen LogP contribution < -0.4 is 0 Å². The molecule has 0 aromatic heterocycles. The molecule has 78 valence electrons. The second-order valence-corrected chi connectivity index (χ2v) is 4.25. The summed E-state index contributed by atoms with van der Waals surface area (Å²) < 4.78 is 4.91. The lowest BCUT2D eigenvalue weighted by molar-refractivity contribution is -0.137. The lowest BCUT2D eigenvalue weighted by atomic mass is 10.1. The number of carbonyl (C=O) groups is 1. The number of esters is 1. The highest BCUT2D eigenvalue weighted by atomic mass is 16.5. The smallest absolute Gasteiger partial charge is 0.330 e. The van der Waals surface area contributed by atoms with Gasteiger partial charge in [-0.2, -0.15) is 0 Å². The maximum Gasteiger partial charge on any atom is 0.330 e. The first-order valence-corrected chi connectivity index (χ1v) is 5.71. The molecule has 0 heterocycles. The summed E-state index contributed by atoms with van der Waals surface area (Å²) in [6.07, 6.45) is 8.36. The molecule has 2 saturated carbocycles. The molecule has 2 atom stereocenters. The second-order valence-electron chi connectivity index (χ2n) is 4.25. The van der Waals surface area contributed by atoms with E-state index >= 15 is 0 Å². The van der Waals surface area contributed by atoms with Crippen LogP contribution >= 0.6 is 0 Å². The first kappa shape index (κ1) is 9.75. The molecule has 0 aromatic rings. The van der Waals surface area contributed by atoms with E-state index in [9.17, 15) is 4.79 Å². The summed E-state index contributed by atoms with van der Waals surface area (Å²) in [5.41, 5.74) is 1.36. The molecule has 14 heavy (non-hydrogen) atoms. The maximum atomic E-state index is 11.2. The molecule has 0 spiro atoms. The summed E-state index contributed by atoms with van der Waals surface area (Å²) >= 11 is 0. The van der Waals surface area contributed by atoms with Gasteiger partial charge >= 0.3 is 5.97 Å². The van der Waals surface area contributed by atoms with Crippen molar-refractivity contribution in [1.82, 2.24) is 0 Å². The monoisotopic (exact) mass is 194 g/mol. The maximum absolute atomic E-state index is 11.2. The Bertz CT molecular complexity index is 241. The predicted octanol–water partition coefficient (Wildman–Crippen LogP) is 2.69. The number of fused-ring (bicyclic) bond motifs is 1. The Kier molecular flexibility index (Phi) is 2.90. The van der Waals surface area contributed by atoms with Gasteiger partial charge in [-0.15, -0.1) is 0 Å². The largest absolute Gasteiger partial charge is 0.463 e.